The molecule has 0 aliphatic rings. The zero-order chi connectivity index (χ0) is 16.3. The molecule has 0 amide bonds. The fraction of sp³-hybridized carbons (Fsp3) is 0.429. The van der Waals surface area contributed by atoms with Crippen molar-refractivity contribution in [3.8, 4) is 0 Å². The van der Waals surface area contributed by atoms with Crippen LogP contribution in [0.15, 0.2) is 10.2 Å². The third kappa shape index (κ3) is 3.01. The minimum atomic E-state index is -0.685. The monoisotopic (exact) mass is 324 g/mol. The highest BCUT2D eigenvalue weighted by molar-refractivity contribution is 7.16. The van der Waals surface area contributed by atoms with Crippen LogP contribution in [-0.2, 0) is 14.3 Å². The summed E-state index contributed by atoms with van der Waals surface area (Å²) in [6.07, 6.45) is 0. The number of hydrogen-bond acceptors (Lipinski definition) is 7. The number of rotatable bonds is 5. The Bertz CT molecular complexity index is 764. The first-order valence-electron chi connectivity index (χ1n) is 6.84. The molecule has 0 aliphatic heterocycles. The van der Waals surface area contributed by atoms with Gasteiger partial charge in [-0.1, -0.05) is 0 Å². The van der Waals surface area contributed by atoms with Crippen LogP contribution in [0.25, 0.3) is 10.2 Å². The van der Waals surface area contributed by atoms with Crippen LogP contribution in [0.2, 0.25) is 0 Å². The largest absolute Gasteiger partial charge is 0.466 e. The van der Waals surface area contributed by atoms with Gasteiger partial charge in [0.15, 0.2) is 0 Å². The van der Waals surface area contributed by atoms with Crippen LogP contribution in [0.4, 0.5) is 0 Å². The van der Waals surface area contributed by atoms with E-state index in [1.54, 1.807) is 26.2 Å². The lowest BCUT2D eigenvalue weighted by molar-refractivity contribution is -0.144. The molecule has 1 atom stereocenters. The first-order valence-corrected chi connectivity index (χ1v) is 7.72. The van der Waals surface area contributed by atoms with Gasteiger partial charge in [-0.05, 0) is 31.7 Å². The molecule has 0 aliphatic carbocycles. The van der Waals surface area contributed by atoms with Crippen molar-refractivity contribution in [2.45, 2.75) is 26.7 Å². The molecule has 0 bridgehead atoms. The fourth-order valence-electron chi connectivity index (χ4n) is 1.98. The first-order chi connectivity index (χ1) is 10.5. The van der Waals surface area contributed by atoms with Crippen molar-refractivity contribution in [1.29, 1.82) is 0 Å². The number of aromatic nitrogens is 2. The van der Waals surface area contributed by atoms with Crippen LogP contribution in [-0.4, -0.2) is 35.1 Å². The minimum Gasteiger partial charge on any atom is -0.466 e. The second-order valence-corrected chi connectivity index (χ2v) is 5.34. The molecule has 0 spiro atoms. The number of fused-ring (bicyclic) bond motifs is 1. The molecule has 2 heterocycles. The minimum absolute atomic E-state index is 0.142. The highest BCUT2D eigenvalue weighted by Crippen LogP contribution is 2.28. The summed E-state index contributed by atoms with van der Waals surface area (Å²) in [5.74, 6) is -1.81. The third-order valence-electron chi connectivity index (χ3n) is 3.05. The van der Waals surface area contributed by atoms with Gasteiger partial charge in [-0.25, -0.2) is 9.78 Å². The number of nitrogens with one attached hydrogen (secondary N) is 1. The lowest BCUT2D eigenvalue weighted by Gasteiger charge is -2.09. The van der Waals surface area contributed by atoms with Crippen molar-refractivity contribution in [1.82, 2.24) is 9.97 Å². The van der Waals surface area contributed by atoms with E-state index in [0.29, 0.717) is 15.8 Å². The van der Waals surface area contributed by atoms with E-state index < -0.39 is 23.4 Å². The molecule has 0 saturated carbocycles. The predicted molar refractivity (Wildman–Crippen MR) is 81.2 cm³/mol. The molecule has 0 aromatic carbocycles. The Balaban J connectivity index is 2.47. The van der Waals surface area contributed by atoms with E-state index in [-0.39, 0.29) is 19.0 Å². The summed E-state index contributed by atoms with van der Waals surface area (Å²) in [6, 6.07) is 0. The third-order valence-corrected chi connectivity index (χ3v) is 3.94. The highest BCUT2D eigenvalue weighted by atomic mass is 32.1. The molecule has 1 N–H and O–H groups in total. The Morgan fingerprint density at radius 3 is 2.64 bits per heavy atom. The van der Waals surface area contributed by atoms with E-state index in [2.05, 4.69) is 9.97 Å². The predicted octanol–water partition coefficient (Wildman–Crippen LogP) is 1.83. The number of H-pyrrole nitrogens is 1. The maximum atomic E-state index is 12.2. The van der Waals surface area contributed by atoms with Crippen LogP contribution in [0.1, 0.15) is 42.9 Å². The molecule has 2 aromatic heterocycles. The smallest absolute Gasteiger partial charge is 0.374 e. The van der Waals surface area contributed by atoms with Crippen LogP contribution >= 0.6 is 11.3 Å². The van der Waals surface area contributed by atoms with Gasteiger partial charge in [0.05, 0.1) is 24.5 Å². The molecular formula is C14H16N2O5S. The van der Waals surface area contributed by atoms with Crippen LogP contribution in [0, 0.1) is 0 Å². The number of ether oxygens (including phenoxy) is 2. The van der Waals surface area contributed by atoms with E-state index in [9.17, 15) is 14.4 Å². The normalized spacial score (nSPS) is 12.1. The second kappa shape index (κ2) is 6.69. The van der Waals surface area contributed by atoms with Crippen LogP contribution in [0.3, 0.4) is 0 Å². The van der Waals surface area contributed by atoms with Crippen molar-refractivity contribution in [2.75, 3.05) is 13.2 Å². The van der Waals surface area contributed by atoms with Crippen molar-refractivity contribution in [3.05, 3.63) is 27.1 Å². The second-order valence-electron chi connectivity index (χ2n) is 4.48. The summed E-state index contributed by atoms with van der Waals surface area (Å²) < 4.78 is 9.78. The molecular weight excluding hydrogens is 308 g/mol. The summed E-state index contributed by atoms with van der Waals surface area (Å²) in [5, 5.41) is 1.99. The quantitative estimate of drug-likeness (QED) is 0.843. The average molecular weight is 324 g/mol. The summed E-state index contributed by atoms with van der Waals surface area (Å²) in [7, 11) is 0. The SMILES string of the molecule is CCOC(=O)c1nc2scc(C(C)C(=O)OCC)c2c(=O)[nH]1. The zero-order valence-corrected chi connectivity index (χ0v) is 13.3. The molecule has 7 nitrogen and oxygen atoms in total. The average Bonchev–Trinajstić information content (AvgIpc) is 2.91. The Hall–Kier alpha value is -2.22. The van der Waals surface area contributed by atoms with Crippen molar-refractivity contribution >= 4 is 33.5 Å². The summed E-state index contributed by atoms with van der Waals surface area (Å²) >= 11 is 1.19. The molecule has 0 saturated heterocycles. The zero-order valence-electron chi connectivity index (χ0n) is 12.5. The molecule has 1 unspecified atom stereocenters. The molecule has 0 fully saturated rings. The van der Waals surface area contributed by atoms with Gasteiger partial charge in [-0.15, -0.1) is 11.3 Å². The number of carbonyl (C=O) groups is 2. The Morgan fingerprint density at radius 1 is 1.32 bits per heavy atom. The lowest BCUT2D eigenvalue weighted by atomic mass is 10.0. The van der Waals surface area contributed by atoms with Crippen molar-refractivity contribution in [3.63, 3.8) is 0 Å². The Labute approximate surface area is 130 Å². The summed E-state index contributed by atoms with van der Waals surface area (Å²) in [6.45, 7) is 5.51. The number of carbonyl (C=O) groups excluding carboxylic acids is 2. The lowest BCUT2D eigenvalue weighted by Crippen LogP contribution is -2.19. The van der Waals surface area contributed by atoms with Gasteiger partial charge in [-0.2, -0.15) is 0 Å². The van der Waals surface area contributed by atoms with E-state index in [0.717, 1.165) is 0 Å². The molecule has 22 heavy (non-hydrogen) atoms. The Morgan fingerprint density at radius 2 is 2.00 bits per heavy atom. The highest BCUT2D eigenvalue weighted by Gasteiger charge is 2.23. The molecule has 8 heteroatoms. The molecule has 2 rings (SSSR count). The van der Waals surface area contributed by atoms with Gasteiger partial charge in [-0.3, -0.25) is 9.59 Å². The van der Waals surface area contributed by atoms with Gasteiger partial charge >= 0.3 is 11.9 Å². The standard InChI is InChI=1S/C14H16N2O5S/c1-4-20-13(18)7(3)8-6-22-12-9(8)11(17)15-10(16-12)14(19)21-5-2/h6-7H,4-5H2,1-3H3,(H,15,16,17). The maximum absolute atomic E-state index is 12.2. The van der Waals surface area contributed by atoms with Gasteiger partial charge in [0, 0.05) is 0 Å². The number of hydrogen-bond donors (Lipinski definition) is 1. The molecule has 118 valence electrons. The van der Waals surface area contributed by atoms with Gasteiger partial charge < -0.3 is 14.5 Å². The summed E-state index contributed by atoms with van der Waals surface area (Å²) in [4.78, 5) is 42.6. The van der Waals surface area contributed by atoms with Gasteiger partial charge in [0.25, 0.3) is 5.56 Å². The Kier molecular flexibility index (Phi) is 4.92. The van der Waals surface area contributed by atoms with Crippen molar-refractivity contribution < 1.29 is 19.1 Å². The topological polar surface area (TPSA) is 98.3 Å². The number of aromatic amines is 1. The first kappa shape index (κ1) is 16.2. The number of esters is 2. The van der Waals surface area contributed by atoms with Gasteiger partial charge in [0.1, 0.15) is 4.83 Å². The number of thiophene rings is 1. The van der Waals surface area contributed by atoms with Crippen LogP contribution in [0.5, 0.6) is 0 Å². The van der Waals surface area contributed by atoms with Crippen LogP contribution < -0.4 is 5.56 Å². The maximum Gasteiger partial charge on any atom is 0.374 e. The molecule has 2 aromatic rings. The van der Waals surface area contributed by atoms with E-state index in [4.69, 9.17) is 9.47 Å². The van der Waals surface area contributed by atoms with E-state index in [1.807, 2.05) is 0 Å². The number of nitrogens with zero attached hydrogens (tertiary/aromatic N) is 1. The molecule has 0 radical (unpaired) electrons. The fourth-order valence-corrected chi connectivity index (χ4v) is 3.01. The summed E-state index contributed by atoms with van der Waals surface area (Å²) in [5.41, 5.74) is 0.0723. The van der Waals surface area contributed by atoms with Crippen molar-refractivity contribution in [2.24, 2.45) is 0 Å². The van der Waals surface area contributed by atoms with E-state index in [1.165, 1.54) is 11.3 Å². The van der Waals surface area contributed by atoms with Gasteiger partial charge in [0.2, 0.25) is 5.82 Å². The van der Waals surface area contributed by atoms with E-state index >= 15 is 0 Å².